The molecule has 2 N–H and O–H groups in total. The highest BCUT2D eigenvalue weighted by Gasteiger charge is 2.14. The van der Waals surface area contributed by atoms with Gasteiger partial charge in [-0.05, 0) is 72.3 Å². The van der Waals surface area contributed by atoms with E-state index in [2.05, 4.69) is 15.8 Å². The minimum Gasteiger partial charge on any atom is -0.494 e. The van der Waals surface area contributed by atoms with Crippen molar-refractivity contribution in [1.29, 1.82) is 0 Å². The highest BCUT2D eigenvalue weighted by molar-refractivity contribution is 6.30. The van der Waals surface area contributed by atoms with E-state index in [1.54, 1.807) is 54.6 Å². The second-order valence-corrected chi connectivity index (χ2v) is 8.46. The van der Waals surface area contributed by atoms with Gasteiger partial charge in [-0.25, -0.2) is 10.2 Å². The number of carbonyl (C=O) groups is 3. The summed E-state index contributed by atoms with van der Waals surface area (Å²) in [5.74, 6) is -0.570. The fourth-order valence-electron chi connectivity index (χ4n) is 3.58. The summed E-state index contributed by atoms with van der Waals surface area (Å²) < 4.78 is 11.0. The van der Waals surface area contributed by atoms with E-state index >= 15 is 0 Å². The topological polar surface area (TPSA) is 106 Å². The number of esters is 1. The average Bonchev–Trinajstić information content (AvgIpc) is 2.93. The summed E-state index contributed by atoms with van der Waals surface area (Å²) in [5, 5.41) is 8.75. The molecule has 0 aromatic heterocycles. The lowest BCUT2D eigenvalue weighted by atomic mass is 10.0. The van der Waals surface area contributed by atoms with Gasteiger partial charge in [0, 0.05) is 16.1 Å². The van der Waals surface area contributed by atoms with Crippen molar-refractivity contribution >= 4 is 46.4 Å². The second kappa shape index (κ2) is 12.5. The Hall–Kier alpha value is -4.69. The Labute approximate surface area is 224 Å². The molecule has 0 fully saturated rings. The highest BCUT2D eigenvalue weighted by atomic mass is 35.5. The molecule has 0 aliphatic heterocycles. The van der Waals surface area contributed by atoms with Crippen molar-refractivity contribution in [2.24, 2.45) is 5.10 Å². The molecule has 0 aliphatic rings. The molecule has 9 heteroatoms. The molecule has 0 atom stereocenters. The Kier molecular flexibility index (Phi) is 8.69. The summed E-state index contributed by atoms with van der Waals surface area (Å²) in [6.07, 6.45) is 1.40. The highest BCUT2D eigenvalue weighted by Crippen LogP contribution is 2.27. The molecule has 0 spiro atoms. The van der Waals surface area contributed by atoms with E-state index in [-0.39, 0.29) is 12.3 Å². The minimum absolute atomic E-state index is 0.269. The molecule has 0 unspecified atom stereocenters. The van der Waals surface area contributed by atoms with Crippen molar-refractivity contribution in [2.45, 2.75) is 6.92 Å². The Bertz CT molecular complexity index is 1480. The zero-order chi connectivity index (χ0) is 26.9. The maximum Gasteiger partial charge on any atom is 0.343 e. The molecule has 0 bridgehead atoms. The number of amides is 2. The number of hydrogen-bond donors (Lipinski definition) is 2. The Morgan fingerprint density at radius 1 is 0.895 bits per heavy atom. The van der Waals surface area contributed by atoms with Crippen LogP contribution in [-0.2, 0) is 4.79 Å². The van der Waals surface area contributed by atoms with Crippen LogP contribution in [0.1, 0.15) is 33.2 Å². The van der Waals surface area contributed by atoms with Crippen LogP contribution in [0, 0.1) is 0 Å². The lowest BCUT2D eigenvalue weighted by molar-refractivity contribution is -0.120. The molecule has 4 aromatic carbocycles. The van der Waals surface area contributed by atoms with Crippen LogP contribution in [0.25, 0.3) is 10.8 Å². The molecular weight excluding hydrogens is 506 g/mol. The zero-order valence-corrected chi connectivity index (χ0v) is 21.2. The van der Waals surface area contributed by atoms with E-state index in [0.717, 1.165) is 10.8 Å². The third-order valence-electron chi connectivity index (χ3n) is 5.43. The first-order chi connectivity index (χ1) is 18.4. The number of ether oxygens (including phenoxy) is 2. The molecule has 0 saturated heterocycles. The molecule has 4 aromatic rings. The number of nitrogens with zero attached hydrogens (tertiary/aromatic N) is 1. The van der Waals surface area contributed by atoms with Crippen LogP contribution in [0.4, 0.5) is 0 Å². The van der Waals surface area contributed by atoms with Gasteiger partial charge in [-0.2, -0.15) is 5.10 Å². The minimum atomic E-state index is -0.562. The van der Waals surface area contributed by atoms with Crippen LogP contribution in [0.5, 0.6) is 11.5 Å². The standard InChI is InChI=1S/C29H24ClN3O5/c1-2-37-23-14-9-20(10-15-23)28(35)31-18-27(34)33-32-17-25-24-6-4-3-5-19(24)11-16-26(25)38-29(36)21-7-12-22(30)13-8-21/h3-17H,2,18H2,1H3,(H,31,35)(H,33,34). The largest absolute Gasteiger partial charge is 0.494 e. The molecule has 0 radical (unpaired) electrons. The number of nitrogens with one attached hydrogen (secondary N) is 2. The molecule has 4 rings (SSSR count). The summed E-state index contributed by atoms with van der Waals surface area (Å²) >= 11 is 5.91. The van der Waals surface area contributed by atoms with E-state index in [0.29, 0.717) is 34.1 Å². The SMILES string of the molecule is CCOc1ccc(C(=O)NCC(=O)NN=Cc2c(OC(=O)c3ccc(Cl)cc3)ccc3ccccc23)cc1. The fraction of sp³-hybridized carbons (Fsp3) is 0.103. The van der Waals surface area contributed by atoms with Gasteiger partial charge in [0.05, 0.1) is 24.9 Å². The number of rotatable bonds is 9. The Morgan fingerprint density at radius 2 is 1.61 bits per heavy atom. The summed E-state index contributed by atoms with van der Waals surface area (Å²) in [6, 6.07) is 23.9. The monoisotopic (exact) mass is 529 g/mol. The van der Waals surface area contributed by atoms with Crippen LogP contribution < -0.4 is 20.2 Å². The third kappa shape index (κ3) is 6.74. The fourth-order valence-corrected chi connectivity index (χ4v) is 3.71. The van der Waals surface area contributed by atoms with E-state index < -0.39 is 17.8 Å². The summed E-state index contributed by atoms with van der Waals surface area (Å²) in [7, 11) is 0. The smallest absolute Gasteiger partial charge is 0.343 e. The first-order valence-electron chi connectivity index (χ1n) is 11.8. The van der Waals surface area contributed by atoms with Gasteiger partial charge in [-0.15, -0.1) is 0 Å². The molecule has 0 heterocycles. The number of hydrazone groups is 1. The van der Waals surface area contributed by atoms with Crippen molar-refractivity contribution in [1.82, 2.24) is 10.7 Å². The normalized spacial score (nSPS) is 10.8. The first-order valence-corrected chi connectivity index (χ1v) is 12.1. The van der Waals surface area contributed by atoms with Gasteiger partial charge in [-0.1, -0.05) is 41.9 Å². The maximum atomic E-state index is 12.7. The van der Waals surface area contributed by atoms with Crippen molar-refractivity contribution < 1.29 is 23.9 Å². The molecule has 2 amide bonds. The van der Waals surface area contributed by atoms with Gasteiger partial charge in [0.25, 0.3) is 11.8 Å². The van der Waals surface area contributed by atoms with Crippen LogP contribution in [0.3, 0.4) is 0 Å². The third-order valence-corrected chi connectivity index (χ3v) is 5.69. The summed E-state index contributed by atoms with van der Waals surface area (Å²) in [6.45, 7) is 2.12. The number of hydrogen-bond acceptors (Lipinski definition) is 6. The first kappa shape index (κ1) is 26.4. The van der Waals surface area contributed by atoms with Crippen LogP contribution in [0.15, 0.2) is 90.0 Å². The Morgan fingerprint density at radius 3 is 2.34 bits per heavy atom. The molecule has 192 valence electrons. The lowest BCUT2D eigenvalue weighted by Gasteiger charge is -2.11. The van der Waals surface area contributed by atoms with Gasteiger partial charge >= 0.3 is 5.97 Å². The van der Waals surface area contributed by atoms with Crippen LogP contribution >= 0.6 is 11.6 Å². The van der Waals surface area contributed by atoms with Crippen LogP contribution in [0.2, 0.25) is 5.02 Å². The predicted octanol–water partition coefficient (Wildman–Crippen LogP) is 4.99. The quantitative estimate of drug-likeness (QED) is 0.137. The van der Waals surface area contributed by atoms with Gasteiger partial charge < -0.3 is 14.8 Å². The van der Waals surface area contributed by atoms with Crippen molar-refractivity contribution in [3.63, 3.8) is 0 Å². The van der Waals surface area contributed by atoms with E-state index in [9.17, 15) is 14.4 Å². The van der Waals surface area contributed by atoms with Gasteiger partial charge in [0.2, 0.25) is 0 Å². The second-order valence-electron chi connectivity index (χ2n) is 8.03. The van der Waals surface area contributed by atoms with Crippen molar-refractivity contribution in [3.05, 3.63) is 107 Å². The van der Waals surface area contributed by atoms with Crippen molar-refractivity contribution in [3.8, 4) is 11.5 Å². The van der Waals surface area contributed by atoms with Gasteiger partial charge in [0.1, 0.15) is 11.5 Å². The van der Waals surface area contributed by atoms with Crippen LogP contribution in [-0.4, -0.2) is 37.1 Å². The maximum absolute atomic E-state index is 12.7. The number of halogens is 1. The van der Waals surface area contributed by atoms with E-state index in [1.165, 1.54) is 6.21 Å². The molecular formula is C29H24ClN3O5. The predicted molar refractivity (Wildman–Crippen MR) is 146 cm³/mol. The molecule has 8 nitrogen and oxygen atoms in total. The molecule has 38 heavy (non-hydrogen) atoms. The Balaban J connectivity index is 1.43. The van der Waals surface area contributed by atoms with E-state index in [1.807, 2.05) is 37.3 Å². The zero-order valence-electron chi connectivity index (χ0n) is 20.4. The summed E-state index contributed by atoms with van der Waals surface area (Å²) in [4.78, 5) is 37.3. The van der Waals surface area contributed by atoms with Crippen molar-refractivity contribution in [2.75, 3.05) is 13.2 Å². The van der Waals surface area contributed by atoms with Gasteiger partial charge in [0.15, 0.2) is 0 Å². The lowest BCUT2D eigenvalue weighted by Crippen LogP contribution is -2.34. The number of fused-ring (bicyclic) bond motifs is 1. The van der Waals surface area contributed by atoms with E-state index in [4.69, 9.17) is 21.1 Å². The average molecular weight is 530 g/mol. The molecule has 0 aliphatic carbocycles. The number of benzene rings is 4. The summed E-state index contributed by atoms with van der Waals surface area (Å²) in [5.41, 5.74) is 3.62. The number of carbonyl (C=O) groups excluding carboxylic acids is 3. The van der Waals surface area contributed by atoms with Gasteiger partial charge in [-0.3, -0.25) is 9.59 Å². The molecule has 0 saturated carbocycles.